The predicted octanol–water partition coefficient (Wildman–Crippen LogP) is 3.80. The maximum Gasteiger partial charge on any atom is 0.268 e. The van der Waals surface area contributed by atoms with Crippen LogP contribution >= 0.6 is 0 Å². The van der Waals surface area contributed by atoms with Gasteiger partial charge in [-0.3, -0.25) is 4.55 Å². The van der Waals surface area contributed by atoms with E-state index in [-0.39, 0.29) is 12.2 Å². The SMILES string of the molecule is O=S(=O)(O)C1Cc2ccc3c4c(ccc3c2=CC1Cc1cc2cc(F)ccc2[nH]1)CC=CC=4. The summed E-state index contributed by atoms with van der Waals surface area (Å²) in [4.78, 5) is 3.27. The van der Waals surface area contributed by atoms with Gasteiger partial charge in [0.15, 0.2) is 0 Å². The van der Waals surface area contributed by atoms with E-state index in [0.29, 0.717) is 6.42 Å². The third-order valence-electron chi connectivity index (χ3n) is 6.96. The Morgan fingerprint density at radius 2 is 1.79 bits per heavy atom. The van der Waals surface area contributed by atoms with Crippen LogP contribution in [0.4, 0.5) is 4.39 Å². The van der Waals surface area contributed by atoms with Gasteiger partial charge < -0.3 is 4.98 Å². The highest BCUT2D eigenvalue weighted by molar-refractivity contribution is 7.86. The van der Waals surface area contributed by atoms with Crippen molar-refractivity contribution in [2.75, 3.05) is 0 Å². The smallest absolute Gasteiger partial charge is 0.268 e. The molecule has 3 aromatic carbocycles. The Morgan fingerprint density at radius 1 is 1.00 bits per heavy atom. The molecule has 166 valence electrons. The molecule has 1 aromatic heterocycles. The molecule has 1 heterocycles. The summed E-state index contributed by atoms with van der Waals surface area (Å²) in [6, 6.07) is 14.7. The number of nitrogens with one attached hydrogen (secondary N) is 1. The van der Waals surface area contributed by atoms with Gasteiger partial charge in [-0.15, -0.1) is 0 Å². The summed E-state index contributed by atoms with van der Waals surface area (Å²) in [6.07, 6.45) is 9.88. The molecule has 0 radical (unpaired) electrons. The van der Waals surface area contributed by atoms with Crippen molar-refractivity contribution in [1.29, 1.82) is 0 Å². The van der Waals surface area contributed by atoms with Crippen LogP contribution in [0.15, 0.2) is 60.7 Å². The van der Waals surface area contributed by atoms with Crippen molar-refractivity contribution >= 4 is 43.9 Å². The van der Waals surface area contributed by atoms with E-state index >= 15 is 0 Å². The number of halogens is 1. The lowest BCUT2D eigenvalue weighted by Crippen LogP contribution is -2.38. The second kappa shape index (κ2) is 7.40. The molecule has 0 fully saturated rings. The molecule has 2 N–H and O–H groups in total. The molecule has 2 unspecified atom stereocenters. The maximum absolute atomic E-state index is 13.6. The number of aromatic nitrogens is 1. The third-order valence-corrected chi connectivity index (χ3v) is 8.24. The van der Waals surface area contributed by atoms with Crippen LogP contribution in [0.2, 0.25) is 0 Å². The Bertz CT molecular complexity index is 1700. The molecule has 2 aliphatic carbocycles. The largest absolute Gasteiger partial charge is 0.358 e. The zero-order valence-corrected chi connectivity index (χ0v) is 18.6. The lowest BCUT2D eigenvalue weighted by Gasteiger charge is -2.27. The van der Waals surface area contributed by atoms with E-state index in [1.54, 1.807) is 6.07 Å². The minimum Gasteiger partial charge on any atom is -0.358 e. The highest BCUT2D eigenvalue weighted by Crippen LogP contribution is 2.28. The van der Waals surface area contributed by atoms with Gasteiger partial charge in [0.25, 0.3) is 10.1 Å². The molecule has 0 saturated heterocycles. The highest BCUT2D eigenvalue weighted by atomic mass is 32.2. The Morgan fingerprint density at radius 3 is 2.61 bits per heavy atom. The van der Waals surface area contributed by atoms with Gasteiger partial charge in [-0.1, -0.05) is 48.6 Å². The zero-order valence-electron chi connectivity index (χ0n) is 17.8. The number of benzene rings is 3. The van der Waals surface area contributed by atoms with Crippen LogP contribution in [0, 0.1) is 11.7 Å². The minimum absolute atomic E-state index is 0.251. The average Bonchev–Trinajstić information content (AvgIpc) is 3.18. The van der Waals surface area contributed by atoms with E-state index < -0.39 is 21.3 Å². The standard InChI is InChI=1S/C27H22FNO3S/c28-20-7-10-26-18(11-20)12-21(29-26)13-19-14-25-17(15-27(19)33(30,31)32)6-9-23-22-4-2-1-3-16(22)5-8-24(23)25/h1-2,4-12,14,19,27,29H,3,13,15H2,(H,30,31,32). The van der Waals surface area contributed by atoms with Crippen molar-refractivity contribution in [1.82, 2.24) is 4.98 Å². The van der Waals surface area contributed by atoms with E-state index in [4.69, 9.17) is 0 Å². The Balaban J connectivity index is 1.52. The van der Waals surface area contributed by atoms with Crippen LogP contribution in [0.5, 0.6) is 0 Å². The quantitative estimate of drug-likeness (QED) is 0.458. The number of H-pyrrole nitrogens is 1. The first kappa shape index (κ1) is 20.4. The van der Waals surface area contributed by atoms with Gasteiger partial charge in [-0.25, -0.2) is 4.39 Å². The Kier molecular flexibility index (Phi) is 4.57. The van der Waals surface area contributed by atoms with Crippen molar-refractivity contribution < 1.29 is 17.4 Å². The third kappa shape index (κ3) is 3.50. The molecule has 0 bridgehead atoms. The van der Waals surface area contributed by atoms with E-state index in [0.717, 1.165) is 44.6 Å². The Hall–Kier alpha value is -3.22. The van der Waals surface area contributed by atoms with Crippen molar-refractivity contribution in [2.45, 2.75) is 24.5 Å². The Labute approximate surface area is 190 Å². The van der Waals surface area contributed by atoms with Crippen molar-refractivity contribution in [2.24, 2.45) is 5.92 Å². The number of aromatic amines is 1. The van der Waals surface area contributed by atoms with Crippen LogP contribution in [0.3, 0.4) is 0 Å². The fourth-order valence-corrected chi connectivity index (χ4v) is 6.39. The average molecular weight is 460 g/mol. The zero-order chi connectivity index (χ0) is 22.7. The second-order valence-electron chi connectivity index (χ2n) is 8.99. The summed E-state index contributed by atoms with van der Waals surface area (Å²) in [5.41, 5.74) is 3.81. The lowest BCUT2D eigenvalue weighted by molar-refractivity contribution is 0.443. The van der Waals surface area contributed by atoms with E-state index in [1.807, 2.05) is 18.2 Å². The molecule has 6 rings (SSSR count). The first-order valence-corrected chi connectivity index (χ1v) is 12.5. The highest BCUT2D eigenvalue weighted by Gasteiger charge is 2.34. The molecule has 4 aromatic rings. The molecule has 2 atom stereocenters. The monoisotopic (exact) mass is 459 g/mol. The summed E-state index contributed by atoms with van der Waals surface area (Å²) in [7, 11) is -4.26. The molecule has 6 heteroatoms. The van der Waals surface area contributed by atoms with Gasteiger partial charge in [0, 0.05) is 22.5 Å². The normalized spacial score (nSPS) is 19.7. The van der Waals surface area contributed by atoms with E-state index in [9.17, 15) is 17.4 Å². The summed E-state index contributed by atoms with van der Waals surface area (Å²) in [5.74, 6) is -0.737. The topological polar surface area (TPSA) is 70.2 Å². The fourth-order valence-electron chi connectivity index (χ4n) is 5.39. The number of hydrogen-bond acceptors (Lipinski definition) is 2. The maximum atomic E-state index is 13.6. The van der Waals surface area contributed by atoms with Gasteiger partial charge in [0.1, 0.15) is 5.82 Å². The van der Waals surface area contributed by atoms with Crippen LogP contribution in [-0.4, -0.2) is 23.2 Å². The first-order valence-electron chi connectivity index (χ1n) is 11.0. The van der Waals surface area contributed by atoms with Crippen LogP contribution < -0.4 is 10.4 Å². The van der Waals surface area contributed by atoms with E-state index in [1.165, 1.54) is 22.9 Å². The summed E-state index contributed by atoms with van der Waals surface area (Å²) in [5, 5.41) is 4.29. The second-order valence-corrected chi connectivity index (χ2v) is 10.6. The van der Waals surface area contributed by atoms with Gasteiger partial charge in [0.05, 0.1) is 5.25 Å². The summed E-state index contributed by atoms with van der Waals surface area (Å²) >= 11 is 0. The van der Waals surface area contributed by atoms with Gasteiger partial charge in [-0.2, -0.15) is 8.42 Å². The fraction of sp³-hybridized carbons (Fsp3) is 0.185. The number of fused-ring (bicyclic) bond motifs is 6. The number of hydrogen-bond donors (Lipinski definition) is 2. The molecule has 33 heavy (non-hydrogen) atoms. The molecule has 2 aliphatic rings. The van der Waals surface area contributed by atoms with Crippen LogP contribution in [0.25, 0.3) is 33.8 Å². The number of allylic oxidation sites excluding steroid dienone is 2. The molecule has 0 saturated carbocycles. The van der Waals surface area contributed by atoms with E-state index in [2.05, 4.69) is 41.4 Å². The van der Waals surface area contributed by atoms with Crippen molar-refractivity contribution in [3.63, 3.8) is 0 Å². The molecule has 0 amide bonds. The summed E-state index contributed by atoms with van der Waals surface area (Å²) in [6.45, 7) is 0. The first-order chi connectivity index (χ1) is 15.9. The molecule has 0 spiro atoms. The van der Waals surface area contributed by atoms with Crippen LogP contribution in [-0.2, 0) is 29.4 Å². The molecular formula is C27H22FNO3S. The molecule has 4 nitrogen and oxygen atoms in total. The summed E-state index contributed by atoms with van der Waals surface area (Å²) < 4.78 is 48.3. The van der Waals surface area contributed by atoms with Crippen LogP contribution in [0.1, 0.15) is 16.8 Å². The molecule has 0 aliphatic heterocycles. The van der Waals surface area contributed by atoms with Crippen molar-refractivity contribution in [3.05, 3.63) is 93.8 Å². The molecular weight excluding hydrogens is 437 g/mol. The predicted molar refractivity (Wildman–Crippen MR) is 129 cm³/mol. The van der Waals surface area contributed by atoms with Gasteiger partial charge in [-0.05, 0) is 75.9 Å². The van der Waals surface area contributed by atoms with Gasteiger partial charge in [0.2, 0.25) is 0 Å². The minimum atomic E-state index is -4.26. The van der Waals surface area contributed by atoms with Crippen molar-refractivity contribution in [3.8, 4) is 0 Å². The van der Waals surface area contributed by atoms with Gasteiger partial charge >= 0.3 is 0 Å². The lowest BCUT2D eigenvalue weighted by atomic mass is 9.85. The number of rotatable bonds is 3.